The molecule has 6 nitrogen and oxygen atoms in total. The molecule has 1 aromatic heterocycles. The fraction of sp³-hybridized carbons (Fsp3) is 0.375. The summed E-state index contributed by atoms with van der Waals surface area (Å²) in [4.78, 5) is 15.3. The Morgan fingerprint density at radius 1 is 1.12 bits per heavy atom. The zero-order valence-electron chi connectivity index (χ0n) is 18.2. The van der Waals surface area contributed by atoms with E-state index >= 15 is 0 Å². The summed E-state index contributed by atoms with van der Waals surface area (Å²) in [6.45, 7) is 0. The number of piperidine rings is 1. The smallest absolute Gasteiger partial charge is 0.254 e. The Bertz CT molecular complexity index is 1140. The summed E-state index contributed by atoms with van der Waals surface area (Å²) in [5, 5.41) is 8.79. The van der Waals surface area contributed by atoms with E-state index in [0.29, 0.717) is 18.4 Å². The third kappa shape index (κ3) is 4.59. The fourth-order valence-electron chi connectivity index (χ4n) is 4.75. The molecule has 2 aliphatic rings. The highest BCUT2D eigenvalue weighted by Crippen LogP contribution is 2.38. The lowest BCUT2D eigenvalue weighted by Crippen LogP contribution is -2.49. The average molecular weight is 471 g/mol. The van der Waals surface area contributed by atoms with Gasteiger partial charge in [0.1, 0.15) is 18.2 Å². The van der Waals surface area contributed by atoms with Crippen LogP contribution in [-0.4, -0.2) is 43.8 Å². The molecule has 0 aliphatic carbocycles. The molecule has 3 aromatic rings. The second kappa shape index (κ2) is 9.13. The molecule has 9 heteroatoms. The molecule has 2 unspecified atom stereocenters. The van der Waals surface area contributed by atoms with Gasteiger partial charge >= 0.3 is 0 Å². The van der Waals surface area contributed by atoms with Crippen molar-refractivity contribution >= 4 is 17.7 Å². The maximum atomic E-state index is 14.0. The predicted octanol–water partition coefficient (Wildman–Crippen LogP) is 4.60. The summed E-state index contributed by atoms with van der Waals surface area (Å²) in [6, 6.07) is 11.2. The van der Waals surface area contributed by atoms with Crippen molar-refractivity contribution < 1.29 is 18.3 Å². The van der Waals surface area contributed by atoms with Gasteiger partial charge in [0, 0.05) is 49.4 Å². The minimum absolute atomic E-state index is 0.0291. The molecule has 2 saturated heterocycles. The van der Waals surface area contributed by atoms with Crippen molar-refractivity contribution in [2.24, 2.45) is 7.05 Å². The number of benzene rings is 2. The molecular formula is C24H24F2N4O2S. The van der Waals surface area contributed by atoms with E-state index in [2.05, 4.69) is 10.2 Å². The molecule has 3 heterocycles. The van der Waals surface area contributed by atoms with Crippen LogP contribution < -0.4 is 4.74 Å². The molecule has 0 spiro atoms. The maximum Gasteiger partial charge on any atom is 0.254 e. The van der Waals surface area contributed by atoms with E-state index in [9.17, 15) is 13.6 Å². The van der Waals surface area contributed by atoms with E-state index in [0.717, 1.165) is 35.4 Å². The van der Waals surface area contributed by atoms with Gasteiger partial charge < -0.3 is 14.2 Å². The first-order chi connectivity index (χ1) is 16.0. The highest BCUT2D eigenvalue weighted by atomic mass is 32.2. The highest BCUT2D eigenvalue weighted by molar-refractivity contribution is 7.98. The average Bonchev–Trinajstić information content (AvgIpc) is 3.33. The predicted molar refractivity (Wildman–Crippen MR) is 120 cm³/mol. The zero-order chi connectivity index (χ0) is 22.9. The van der Waals surface area contributed by atoms with Gasteiger partial charge in [0.05, 0.1) is 0 Å². The Kier molecular flexibility index (Phi) is 6.05. The van der Waals surface area contributed by atoms with Crippen LogP contribution >= 0.6 is 11.8 Å². The van der Waals surface area contributed by atoms with Gasteiger partial charge in [0.25, 0.3) is 5.91 Å². The molecule has 5 rings (SSSR count). The number of carbonyl (C=O) groups excluding carboxylic acids is 1. The number of hydrogen-bond donors (Lipinski definition) is 0. The highest BCUT2D eigenvalue weighted by Gasteiger charge is 2.44. The number of rotatable bonds is 6. The number of hydrogen-bond acceptors (Lipinski definition) is 5. The summed E-state index contributed by atoms with van der Waals surface area (Å²) in [6.07, 6.45) is 4.59. The van der Waals surface area contributed by atoms with E-state index in [1.54, 1.807) is 18.1 Å². The Morgan fingerprint density at radius 2 is 1.85 bits per heavy atom. The van der Waals surface area contributed by atoms with Crippen LogP contribution in [0, 0.1) is 11.6 Å². The number of nitrogens with zero attached hydrogens (tertiary/aromatic N) is 4. The van der Waals surface area contributed by atoms with Crippen molar-refractivity contribution in [3.63, 3.8) is 0 Å². The lowest BCUT2D eigenvalue weighted by molar-refractivity contribution is 0.0349. The van der Waals surface area contributed by atoms with Crippen LogP contribution in [0.1, 0.15) is 41.6 Å². The van der Waals surface area contributed by atoms with Crippen LogP contribution in [0.2, 0.25) is 0 Å². The monoisotopic (exact) mass is 470 g/mol. The van der Waals surface area contributed by atoms with E-state index in [1.807, 2.05) is 40.8 Å². The summed E-state index contributed by atoms with van der Waals surface area (Å²) in [5.74, 6) is -0.483. The molecule has 2 aromatic carbocycles. The van der Waals surface area contributed by atoms with Crippen LogP contribution in [0.4, 0.5) is 8.78 Å². The largest absolute Gasteiger partial charge is 0.487 e. The van der Waals surface area contributed by atoms with Crippen molar-refractivity contribution in [1.29, 1.82) is 0 Å². The molecule has 0 saturated carbocycles. The molecule has 0 N–H and O–H groups in total. The lowest BCUT2D eigenvalue weighted by atomic mass is 9.98. The van der Waals surface area contributed by atoms with Crippen molar-refractivity contribution in [2.45, 2.75) is 54.8 Å². The van der Waals surface area contributed by atoms with Gasteiger partial charge in [-0.15, -0.1) is 10.2 Å². The van der Waals surface area contributed by atoms with E-state index in [1.165, 1.54) is 12.1 Å². The minimum Gasteiger partial charge on any atom is -0.487 e. The Balaban J connectivity index is 1.21. The van der Waals surface area contributed by atoms with E-state index in [-0.39, 0.29) is 29.8 Å². The topological polar surface area (TPSA) is 60.2 Å². The van der Waals surface area contributed by atoms with Crippen molar-refractivity contribution in [1.82, 2.24) is 19.7 Å². The zero-order valence-corrected chi connectivity index (χ0v) is 19.0. The number of amides is 1. The van der Waals surface area contributed by atoms with Gasteiger partial charge in [-0.3, -0.25) is 4.79 Å². The van der Waals surface area contributed by atoms with Crippen LogP contribution in [0.3, 0.4) is 0 Å². The standard InChI is InChI=1S/C24H24F2N4O2S/c1-29-14-27-28-24(29)33-13-15-2-4-16(5-3-15)23(31)30-18-7-8-19(30)12-20(11-18)32-22-9-6-17(25)10-21(22)26/h2-6,9-10,14,18-20H,7-8,11-13H2,1H3. The minimum atomic E-state index is -0.696. The summed E-state index contributed by atoms with van der Waals surface area (Å²) in [5.41, 5.74) is 1.78. The van der Waals surface area contributed by atoms with Gasteiger partial charge in [-0.2, -0.15) is 0 Å². The molecule has 2 aliphatic heterocycles. The normalized spacial score (nSPS) is 21.9. The Labute approximate surface area is 194 Å². The van der Waals surface area contributed by atoms with E-state index < -0.39 is 11.6 Å². The number of aromatic nitrogens is 3. The first kappa shape index (κ1) is 21.9. The number of fused-ring (bicyclic) bond motifs is 2. The summed E-state index contributed by atoms with van der Waals surface area (Å²) < 4.78 is 34.9. The van der Waals surface area contributed by atoms with Crippen LogP contribution in [0.15, 0.2) is 53.9 Å². The number of thioether (sulfide) groups is 1. The lowest BCUT2D eigenvalue weighted by Gasteiger charge is -2.39. The van der Waals surface area contributed by atoms with Crippen LogP contribution in [0.5, 0.6) is 5.75 Å². The van der Waals surface area contributed by atoms with Crippen molar-refractivity contribution in [2.75, 3.05) is 0 Å². The molecule has 0 radical (unpaired) electrons. The molecule has 172 valence electrons. The quantitative estimate of drug-likeness (QED) is 0.493. The molecule has 2 bridgehead atoms. The third-order valence-corrected chi connectivity index (χ3v) is 7.46. The van der Waals surface area contributed by atoms with Crippen molar-refractivity contribution in [3.05, 3.63) is 71.6 Å². The maximum absolute atomic E-state index is 14.0. The van der Waals surface area contributed by atoms with Crippen LogP contribution in [-0.2, 0) is 12.8 Å². The summed E-state index contributed by atoms with van der Waals surface area (Å²) >= 11 is 1.60. The van der Waals surface area contributed by atoms with Crippen molar-refractivity contribution in [3.8, 4) is 5.75 Å². The molecular weight excluding hydrogens is 446 g/mol. The second-order valence-corrected chi connectivity index (χ2v) is 9.54. The van der Waals surface area contributed by atoms with Gasteiger partial charge in [0.2, 0.25) is 0 Å². The molecule has 1 amide bonds. The Morgan fingerprint density at radius 3 is 2.48 bits per heavy atom. The fourth-order valence-corrected chi connectivity index (χ4v) is 5.59. The number of halogens is 2. The molecule has 2 atom stereocenters. The number of ether oxygens (including phenoxy) is 1. The van der Waals surface area contributed by atoms with Gasteiger partial charge in [0.15, 0.2) is 16.7 Å². The molecule has 2 fully saturated rings. The summed E-state index contributed by atoms with van der Waals surface area (Å²) in [7, 11) is 1.91. The van der Waals surface area contributed by atoms with Gasteiger partial charge in [-0.1, -0.05) is 23.9 Å². The SMILES string of the molecule is Cn1cnnc1SCc1ccc(C(=O)N2C3CCC2CC(Oc2ccc(F)cc2F)C3)cc1. The number of carbonyl (C=O) groups is 1. The first-order valence-electron chi connectivity index (χ1n) is 11.0. The van der Waals surface area contributed by atoms with Crippen LogP contribution in [0.25, 0.3) is 0 Å². The van der Waals surface area contributed by atoms with Gasteiger partial charge in [-0.05, 0) is 42.7 Å². The third-order valence-electron chi connectivity index (χ3n) is 6.35. The molecule has 33 heavy (non-hydrogen) atoms. The van der Waals surface area contributed by atoms with E-state index in [4.69, 9.17) is 4.74 Å². The number of aryl methyl sites for hydroxylation is 1. The first-order valence-corrected chi connectivity index (χ1v) is 12.0. The Hall–Kier alpha value is -2.94. The van der Waals surface area contributed by atoms with Gasteiger partial charge in [-0.25, -0.2) is 8.78 Å². The second-order valence-electron chi connectivity index (χ2n) is 8.59.